The van der Waals surface area contributed by atoms with Gasteiger partial charge < -0.3 is 10.1 Å². The number of hydrogen-bond acceptors (Lipinski definition) is 8. The van der Waals surface area contributed by atoms with Gasteiger partial charge in [0.05, 0.1) is 27.7 Å². The number of thioether (sulfide) groups is 1. The molecule has 162 valence electrons. The molecule has 0 spiro atoms. The van der Waals surface area contributed by atoms with Gasteiger partial charge in [-0.2, -0.15) is 11.8 Å². The Morgan fingerprint density at radius 3 is 2.57 bits per heavy atom. The van der Waals surface area contributed by atoms with Crippen LogP contribution in [0.2, 0.25) is 0 Å². The number of unbranched alkanes of at least 4 members (excludes halogenated alkanes) is 1. The van der Waals surface area contributed by atoms with E-state index in [0.29, 0.717) is 22.7 Å². The lowest BCUT2D eigenvalue weighted by atomic mass is 9.84. The molecule has 0 aromatic heterocycles. The van der Waals surface area contributed by atoms with E-state index in [4.69, 9.17) is 4.74 Å². The molecule has 1 N–H and O–H groups in total. The van der Waals surface area contributed by atoms with Gasteiger partial charge in [-0.3, -0.25) is 20.2 Å². The average molecular weight is 436 g/mol. The van der Waals surface area contributed by atoms with Crippen LogP contribution < -0.4 is 5.32 Å². The molecule has 1 heterocycles. The molecule has 9 nitrogen and oxygen atoms in total. The molecule has 0 aliphatic carbocycles. The first-order valence-corrected chi connectivity index (χ1v) is 10.8. The normalized spacial score (nSPS) is 16.3. The molecule has 1 atom stereocenters. The van der Waals surface area contributed by atoms with Gasteiger partial charge in [0.15, 0.2) is 0 Å². The number of nitro benzene ring substituents is 1. The van der Waals surface area contributed by atoms with Crippen LogP contribution in [0.5, 0.6) is 0 Å². The van der Waals surface area contributed by atoms with Gasteiger partial charge in [-0.05, 0) is 31.6 Å². The molecule has 0 radical (unpaired) electrons. The largest absolute Gasteiger partial charge is 0.463 e. The molecule has 0 fully saturated rings. The van der Waals surface area contributed by atoms with Crippen molar-refractivity contribution in [3.05, 3.63) is 72.7 Å². The van der Waals surface area contributed by atoms with Crippen LogP contribution in [0.1, 0.15) is 45.1 Å². The second-order valence-corrected chi connectivity index (χ2v) is 7.80. The number of nitro groups is 2. The minimum Gasteiger partial charge on any atom is -0.463 e. The van der Waals surface area contributed by atoms with Crippen LogP contribution in [0, 0.1) is 20.2 Å². The van der Waals surface area contributed by atoms with E-state index in [-0.39, 0.29) is 23.6 Å². The summed E-state index contributed by atoms with van der Waals surface area (Å²) in [6.45, 7) is 5.41. The summed E-state index contributed by atoms with van der Waals surface area (Å²) in [5, 5.41) is 26.1. The topological polar surface area (TPSA) is 125 Å². The van der Waals surface area contributed by atoms with Crippen molar-refractivity contribution in [3.8, 4) is 0 Å². The quantitative estimate of drug-likeness (QED) is 0.252. The molecule has 0 bridgehead atoms. The van der Waals surface area contributed by atoms with Gasteiger partial charge in [0.2, 0.25) is 0 Å². The Bertz CT molecular complexity index is 896. The third-order valence-corrected chi connectivity index (χ3v) is 5.68. The zero-order valence-electron chi connectivity index (χ0n) is 17.2. The third kappa shape index (κ3) is 5.38. The monoisotopic (exact) mass is 435 g/mol. The molecule has 1 aromatic carbocycles. The predicted molar refractivity (Wildman–Crippen MR) is 115 cm³/mol. The Hall–Kier alpha value is -2.88. The van der Waals surface area contributed by atoms with Gasteiger partial charge in [0.1, 0.15) is 5.92 Å². The highest BCUT2D eigenvalue weighted by Crippen LogP contribution is 2.40. The Morgan fingerprint density at radius 1 is 1.23 bits per heavy atom. The van der Waals surface area contributed by atoms with Crippen molar-refractivity contribution in [1.29, 1.82) is 0 Å². The van der Waals surface area contributed by atoms with Crippen molar-refractivity contribution in [2.45, 2.75) is 39.5 Å². The summed E-state index contributed by atoms with van der Waals surface area (Å²) in [7, 11) is 0. The van der Waals surface area contributed by atoms with Crippen LogP contribution in [0.25, 0.3) is 0 Å². The average Bonchev–Trinajstić information content (AvgIpc) is 2.70. The highest BCUT2D eigenvalue weighted by molar-refractivity contribution is 7.99. The number of non-ortho nitro benzene ring substituents is 1. The maximum atomic E-state index is 12.9. The molecular formula is C20H25N3O6S. The van der Waals surface area contributed by atoms with Crippen molar-refractivity contribution in [1.82, 2.24) is 5.32 Å². The SMILES string of the molecule is CCCCSCC1=C(C(=O)OCC)C(c2cccc([N+](=O)[O-])c2)C([N+](=O)[O-])=C(C)N1. The fourth-order valence-electron chi connectivity index (χ4n) is 3.25. The molecule has 30 heavy (non-hydrogen) atoms. The Balaban J connectivity index is 2.63. The Morgan fingerprint density at radius 2 is 1.97 bits per heavy atom. The molecule has 1 aliphatic rings. The van der Waals surface area contributed by atoms with E-state index in [9.17, 15) is 25.0 Å². The zero-order chi connectivity index (χ0) is 22.3. The first kappa shape index (κ1) is 23.4. The van der Waals surface area contributed by atoms with Gasteiger partial charge in [0.25, 0.3) is 11.4 Å². The van der Waals surface area contributed by atoms with E-state index < -0.39 is 21.7 Å². The van der Waals surface area contributed by atoms with E-state index in [1.807, 2.05) is 0 Å². The Kier molecular flexibility index (Phi) is 8.40. The first-order valence-electron chi connectivity index (χ1n) is 9.66. The summed E-state index contributed by atoms with van der Waals surface area (Å²) in [5.41, 5.74) is 0.841. The third-order valence-electron chi connectivity index (χ3n) is 4.60. The van der Waals surface area contributed by atoms with E-state index in [0.717, 1.165) is 18.6 Å². The van der Waals surface area contributed by atoms with Gasteiger partial charge >= 0.3 is 5.97 Å². The first-order chi connectivity index (χ1) is 14.3. The number of dihydropyridines is 1. The minimum absolute atomic E-state index is 0.108. The van der Waals surface area contributed by atoms with Crippen molar-refractivity contribution in [2.24, 2.45) is 0 Å². The van der Waals surface area contributed by atoms with Crippen molar-refractivity contribution in [2.75, 3.05) is 18.1 Å². The molecule has 2 rings (SSSR count). The molecule has 0 saturated carbocycles. The van der Waals surface area contributed by atoms with Crippen molar-refractivity contribution >= 4 is 23.4 Å². The van der Waals surface area contributed by atoms with E-state index in [2.05, 4.69) is 12.2 Å². The number of rotatable bonds is 10. The van der Waals surface area contributed by atoms with Gasteiger partial charge in [0, 0.05) is 23.6 Å². The second kappa shape index (κ2) is 10.8. The van der Waals surface area contributed by atoms with E-state index >= 15 is 0 Å². The van der Waals surface area contributed by atoms with Crippen LogP contribution >= 0.6 is 11.8 Å². The summed E-state index contributed by atoms with van der Waals surface area (Å²) in [6, 6.07) is 5.60. The lowest BCUT2D eigenvalue weighted by molar-refractivity contribution is -0.431. The summed E-state index contributed by atoms with van der Waals surface area (Å²) < 4.78 is 5.21. The number of benzene rings is 1. The van der Waals surface area contributed by atoms with Gasteiger partial charge in [-0.25, -0.2) is 4.79 Å². The van der Waals surface area contributed by atoms with Crippen LogP contribution in [0.3, 0.4) is 0 Å². The van der Waals surface area contributed by atoms with Crippen molar-refractivity contribution < 1.29 is 19.4 Å². The lowest BCUT2D eigenvalue weighted by Gasteiger charge is -2.27. The van der Waals surface area contributed by atoms with Crippen LogP contribution in [0.4, 0.5) is 5.69 Å². The number of hydrogen-bond donors (Lipinski definition) is 1. The fraction of sp³-hybridized carbons (Fsp3) is 0.450. The van der Waals surface area contributed by atoms with Gasteiger partial charge in [-0.15, -0.1) is 0 Å². The summed E-state index contributed by atoms with van der Waals surface area (Å²) in [6.07, 6.45) is 2.04. The van der Waals surface area contributed by atoms with Crippen LogP contribution in [-0.4, -0.2) is 33.9 Å². The smallest absolute Gasteiger partial charge is 0.337 e. The summed E-state index contributed by atoms with van der Waals surface area (Å²) >= 11 is 1.61. The fourth-order valence-corrected chi connectivity index (χ4v) is 4.32. The number of carbonyl (C=O) groups excluding carboxylic acids is 1. The molecular weight excluding hydrogens is 410 g/mol. The number of nitrogens with zero attached hydrogens (tertiary/aromatic N) is 2. The highest BCUT2D eigenvalue weighted by Gasteiger charge is 2.42. The number of nitrogens with one attached hydrogen (secondary N) is 1. The van der Waals surface area contributed by atoms with E-state index in [1.165, 1.54) is 18.2 Å². The van der Waals surface area contributed by atoms with Gasteiger partial charge in [-0.1, -0.05) is 25.5 Å². The predicted octanol–water partition coefficient (Wildman–Crippen LogP) is 4.14. The molecule has 0 amide bonds. The summed E-state index contributed by atoms with van der Waals surface area (Å²) in [4.78, 5) is 34.9. The highest BCUT2D eigenvalue weighted by atomic mass is 32.2. The molecule has 1 unspecified atom stereocenters. The Labute approximate surface area is 178 Å². The van der Waals surface area contributed by atoms with Crippen LogP contribution in [0.15, 0.2) is 46.9 Å². The molecule has 1 aromatic rings. The van der Waals surface area contributed by atoms with Crippen molar-refractivity contribution in [3.63, 3.8) is 0 Å². The molecule has 0 saturated heterocycles. The number of esters is 1. The van der Waals surface area contributed by atoms with E-state index in [1.54, 1.807) is 31.7 Å². The maximum absolute atomic E-state index is 12.9. The lowest BCUT2D eigenvalue weighted by Crippen LogP contribution is -2.33. The van der Waals surface area contributed by atoms with Crippen LogP contribution in [-0.2, 0) is 9.53 Å². The second-order valence-electron chi connectivity index (χ2n) is 6.70. The molecule has 10 heteroatoms. The number of allylic oxidation sites excluding steroid dienone is 2. The number of ether oxygens (including phenoxy) is 1. The minimum atomic E-state index is -1.07. The number of carbonyl (C=O) groups is 1. The maximum Gasteiger partial charge on any atom is 0.337 e. The standard InChI is InChI=1S/C20H25N3O6S/c1-4-6-10-30-12-16-18(20(24)29-5-2)17(19(23(27)28)13(3)21-16)14-8-7-9-15(11-14)22(25)26/h7-9,11,17,21H,4-6,10,12H2,1-3H3. The zero-order valence-corrected chi connectivity index (χ0v) is 18.0. The summed E-state index contributed by atoms with van der Waals surface area (Å²) in [5.74, 6) is -0.409. The molecule has 1 aliphatic heterocycles.